The molecule has 3 rings (SSSR count). The molecule has 2 heterocycles. The molecule has 0 unspecified atom stereocenters. The highest BCUT2D eigenvalue weighted by atomic mass is 32.1. The topological polar surface area (TPSA) is 82.7 Å². The summed E-state index contributed by atoms with van der Waals surface area (Å²) < 4.78 is 4.96. The van der Waals surface area contributed by atoms with Gasteiger partial charge in [-0.15, -0.1) is 11.3 Å². The number of fused-ring (bicyclic) bond motifs is 1. The molecule has 17 heavy (non-hydrogen) atoms. The molecule has 0 aliphatic carbocycles. The highest BCUT2D eigenvalue weighted by Gasteiger charge is 2.07. The van der Waals surface area contributed by atoms with E-state index < -0.39 is 5.76 Å². The predicted molar refractivity (Wildman–Crippen MR) is 62.7 cm³/mol. The number of oxazole rings is 1. The van der Waals surface area contributed by atoms with Gasteiger partial charge in [0.25, 0.3) is 0 Å². The van der Waals surface area contributed by atoms with Crippen molar-refractivity contribution in [2.45, 2.75) is 0 Å². The van der Waals surface area contributed by atoms with Crippen molar-refractivity contribution in [1.29, 1.82) is 5.26 Å². The molecule has 1 N–H and O–H groups in total. The molecule has 5 nitrogen and oxygen atoms in total. The van der Waals surface area contributed by atoms with Gasteiger partial charge in [-0.25, -0.2) is 9.78 Å². The van der Waals surface area contributed by atoms with E-state index in [2.05, 4.69) is 9.97 Å². The monoisotopic (exact) mass is 243 g/mol. The second-order valence-corrected chi connectivity index (χ2v) is 4.23. The molecule has 0 fully saturated rings. The van der Waals surface area contributed by atoms with Crippen LogP contribution in [0.25, 0.3) is 21.7 Å². The van der Waals surface area contributed by atoms with Gasteiger partial charge in [0.05, 0.1) is 5.52 Å². The Morgan fingerprint density at radius 3 is 3.12 bits per heavy atom. The molecule has 6 heteroatoms. The van der Waals surface area contributed by atoms with Crippen LogP contribution in [-0.4, -0.2) is 9.97 Å². The summed E-state index contributed by atoms with van der Waals surface area (Å²) in [4.78, 5) is 17.7. The van der Waals surface area contributed by atoms with Crippen LogP contribution in [0.4, 0.5) is 0 Å². The Balaban J connectivity index is 2.17. The van der Waals surface area contributed by atoms with Gasteiger partial charge in [0.15, 0.2) is 11.3 Å². The summed E-state index contributed by atoms with van der Waals surface area (Å²) in [6.07, 6.45) is 0. The van der Waals surface area contributed by atoms with Gasteiger partial charge in [-0.05, 0) is 18.2 Å². The molecule has 0 radical (unpaired) electrons. The van der Waals surface area contributed by atoms with Crippen LogP contribution in [0.5, 0.6) is 0 Å². The fraction of sp³-hybridized carbons (Fsp3) is 0. The van der Waals surface area contributed by atoms with E-state index in [1.807, 2.05) is 12.1 Å². The van der Waals surface area contributed by atoms with E-state index in [1.54, 1.807) is 17.5 Å². The maximum absolute atomic E-state index is 11.0. The average molecular weight is 243 g/mol. The third-order valence-electron chi connectivity index (χ3n) is 2.29. The third kappa shape index (κ3) is 1.62. The van der Waals surface area contributed by atoms with E-state index in [1.165, 1.54) is 11.3 Å². The number of nitrogens with zero attached hydrogens (tertiary/aromatic N) is 2. The molecular weight excluding hydrogens is 238 g/mol. The zero-order valence-electron chi connectivity index (χ0n) is 8.43. The maximum Gasteiger partial charge on any atom is 0.417 e. The molecule has 0 amide bonds. The van der Waals surface area contributed by atoms with Crippen LogP contribution < -0.4 is 5.76 Å². The van der Waals surface area contributed by atoms with Crippen LogP contribution in [0.15, 0.2) is 32.8 Å². The van der Waals surface area contributed by atoms with Crippen molar-refractivity contribution >= 4 is 22.4 Å². The Morgan fingerprint density at radius 2 is 2.35 bits per heavy atom. The first-order valence-corrected chi connectivity index (χ1v) is 5.63. The van der Waals surface area contributed by atoms with E-state index in [0.29, 0.717) is 16.8 Å². The summed E-state index contributed by atoms with van der Waals surface area (Å²) in [7, 11) is 0. The normalized spacial score (nSPS) is 10.5. The van der Waals surface area contributed by atoms with Crippen molar-refractivity contribution in [2.75, 3.05) is 0 Å². The zero-order chi connectivity index (χ0) is 11.8. The SMILES string of the molecule is N#Cc1csc(-c2ccc3[nH]c(=O)oc3c2)n1. The predicted octanol–water partition coefficient (Wildman–Crippen LogP) is 2.12. The van der Waals surface area contributed by atoms with Gasteiger partial charge in [-0.2, -0.15) is 5.26 Å². The Labute approximate surface area is 99.0 Å². The van der Waals surface area contributed by atoms with E-state index in [-0.39, 0.29) is 0 Å². The third-order valence-corrected chi connectivity index (χ3v) is 3.18. The summed E-state index contributed by atoms with van der Waals surface area (Å²) in [5.74, 6) is -0.478. The van der Waals surface area contributed by atoms with Gasteiger partial charge < -0.3 is 4.42 Å². The van der Waals surface area contributed by atoms with Gasteiger partial charge in [0.1, 0.15) is 11.1 Å². The number of aromatic amines is 1. The summed E-state index contributed by atoms with van der Waals surface area (Å²) in [5, 5.41) is 11.1. The Kier molecular flexibility index (Phi) is 2.06. The first-order chi connectivity index (χ1) is 8.26. The van der Waals surface area contributed by atoms with Gasteiger partial charge in [0, 0.05) is 10.9 Å². The molecule has 0 aliphatic rings. The molecule has 0 saturated heterocycles. The smallest absolute Gasteiger partial charge is 0.408 e. The number of hydrogen-bond acceptors (Lipinski definition) is 5. The summed E-state index contributed by atoms with van der Waals surface area (Å²) in [6.45, 7) is 0. The van der Waals surface area contributed by atoms with Gasteiger partial charge >= 0.3 is 5.76 Å². The number of thiazole rings is 1. The van der Waals surface area contributed by atoms with Crippen LogP contribution in [0.1, 0.15) is 5.69 Å². The average Bonchev–Trinajstić information content (AvgIpc) is 2.92. The number of hydrogen-bond donors (Lipinski definition) is 1. The molecule has 0 saturated carbocycles. The minimum absolute atomic E-state index is 0.389. The van der Waals surface area contributed by atoms with Crippen LogP contribution >= 0.6 is 11.3 Å². The van der Waals surface area contributed by atoms with Crippen LogP contribution in [0.3, 0.4) is 0 Å². The lowest BCUT2D eigenvalue weighted by molar-refractivity contribution is 0.555. The van der Waals surface area contributed by atoms with Crippen LogP contribution in [0, 0.1) is 11.3 Å². The first-order valence-electron chi connectivity index (χ1n) is 4.75. The fourth-order valence-corrected chi connectivity index (χ4v) is 2.28. The molecular formula is C11H5N3O2S. The van der Waals surface area contributed by atoms with Crippen LogP contribution in [-0.2, 0) is 0 Å². The van der Waals surface area contributed by atoms with Gasteiger partial charge in [-0.1, -0.05) is 0 Å². The number of nitrogens with one attached hydrogen (secondary N) is 1. The molecule has 2 aromatic heterocycles. The minimum Gasteiger partial charge on any atom is -0.408 e. The van der Waals surface area contributed by atoms with E-state index >= 15 is 0 Å². The van der Waals surface area contributed by atoms with Crippen molar-refractivity contribution in [1.82, 2.24) is 9.97 Å². The Morgan fingerprint density at radius 1 is 1.47 bits per heavy atom. The number of H-pyrrole nitrogens is 1. The molecule has 0 bridgehead atoms. The zero-order valence-corrected chi connectivity index (χ0v) is 9.25. The minimum atomic E-state index is -0.478. The van der Waals surface area contributed by atoms with E-state index in [9.17, 15) is 4.79 Å². The molecule has 0 spiro atoms. The van der Waals surface area contributed by atoms with Crippen molar-refractivity contribution in [3.63, 3.8) is 0 Å². The van der Waals surface area contributed by atoms with Crippen molar-refractivity contribution in [3.05, 3.63) is 39.8 Å². The molecule has 3 aromatic rings. The van der Waals surface area contributed by atoms with Crippen molar-refractivity contribution in [3.8, 4) is 16.6 Å². The second kappa shape index (κ2) is 3.57. The molecule has 0 atom stereocenters. The molecule has 82 valence electrons. The van der Waals surface area contributed by atoms with E-state index in [4.69, 9.17) is 9.68 Å². The lowest BCUT2D eigenvalue weighted by Gasteiger charge is -1.94. The number of nitriles is 1. The van der Waals surface area contributed by atoms with Crippen LogP contribution in [0.2, 0.25) is 0 Å². The fourth-order valence-electron chi connectivity index (χ4n) is 1.54. The van der Waals surface area contributed by atoms with Gasteiger partial charge in [-0.3, -0.25) is 4.98 Å². The summed E-state index contributed by atoms with van der Waals surface area (Å²) >= 11 is 1.38. The quantitative estimate of drug-likeness (QED) is 0.709. The second-order valence-electron chi connectivity index (χ2n) is 3.38. The highest BCUT2D eigenvalue weighted by molar-refractivity contribution is 7.13. The van der Waals surface area contributed by atoms with Crippen molar-refractivity contribution in [2.24, 2.45) is 0 Å². The lowest BCUT2D eigenvalue weighted by Crippen LogP contribution is -1.92. The molecule has 1 aromatic carbocycles. The van der Waals surface area contributed by atoms with Crippen molar-refractivity contribution < 1.29 is 4.42 Å². The number of benzene rings is 1. The maximum atomic E-state index is 11.0. The number of aromatic nitrogens is 2. The lowest BCUT2D eigenvalue weighted by atomic mass is 10.2. The highest BCUT2D eigenvalue weighted by Crippen LogP contribution is 2.26. The summed E-state index contributed by atoms with van der Waals surface area (Å²) in [5.41, 5.74) is 2.35. The largest absolute Gasteiger partial charge is 0.417 e. The Hall–Kier alpha value is -2.39. The Bertz CT molecular complexity index is 791. The summed E-state index contributed by atoms with van der Waals surface area (Å²) in [6, 6.07) is 7.29. The number of rotatable bonds is 1. The van der Waals surface area contributed by atoms with Gasteiger partial charge in [0.2, 0.25) is 0 Å². The van der Waals surface area contributed by atoms with E-state index in [0.717, 1.165) is 10.6 Å². The standard InChI is InChI=1S/C11H5N3O2S/c12-4-7-5-17-10(13-7)6-1-2-8-9(3-6)16-11(15)14-8/h1-3,5H,(H,14,15). The first kappa shape index (κ1) is 9.81. The molecule has 0 aliphatic heterocycles.